The minimum absolute atomic E-state index is 0. The maximum atomic E-state index is 13.1. The molecule has 1 aromatic heterocycles. The number of hydrogen-bond acceptors (Lipinski definition) is 9. The van der Waals surface area contributed by atoms with Gasteiger partial charge < -0.3 is 24.9 Å². The number of aliphatic hydroxyl groups excluding tert-OH is 2. The van der Waals surface area contributed by atoms with Gasteiger partial charge in [0.2, 0.25) is 0 Å². The van der Waals surface area contributed by atoms with Crippen LogP contribution in [0.5, 0.6) is 0 Å². The number of rotatable bonds is 11. The average molecular weight is 732 g/mol. The zero-order valence-electron chi connectivity index (χ0n) is 30.6. The van der Waals surface area contributed by atoms with Crippen molar-refractivity contribution in [2.24, 2.45) is 40.4 Å². The fraction of sp³-hybridized carbons (Fsp3) is 0.833. The van der Waals surface area contributed by atoms with Crippen molar-refractivity contribution in [2.75, 3.05) is 6.61 Å². The number of aromatic amines is 1. The molecule has 13 unspecified atom stereocenters. The van der Waals surface area contributed by atoms with Gasteiger partial charge in [0.05, 0.1) is 30.5 Å². The molecule has 14 heteroatoms. The van der Waals surface area contributed by atoms with Gasteiger partial charge in [0, 0.05) is 48.2 Å². The van der Waals surface area contributed by atoms with E-state index in [4.69, 9.17) is 13.8 Å². The van der Waals surface area contributed by atoms with Crippen LogP contribution in [0.2, 0.25) is 0 Å². The molecule has 0 amide bonds. The second kappa shape index (κ2) is 15.2. The molecule has 1 aliphatic heterocycles. The third-order valence-corrected chi connectivity index (χ3v) is 14.4. The van der Waals surface area contributed by atoms with E-state index in [1.807, 2.05) is 19.9 Å². The van der Waals surface area contributed by atoms with Crippen molar-refractivity contribution in [3.63, 3.8) is 0 Å². The van der Waals surface area contributed by atoms with Crippen LogP contribution in [0.15, 0.2) is 33.5 Å². The topological polar surface area (TPSA) is 181 Å². The molecule has 0 bridgehead atoms. The Morgan fingerprint density at radius 2 is 1.88 bits per heavy atom. The van der Waals surface area contributed by atoms with Crippen molar-refractivity contribution in [3.8, 4) is 0 Å². The normalized spacial score (nSPS) is 40.1. The summed E-state index contributed by atoms with van der Waals surface area (Å²) in [6, 6.07) is 1.17. The third-order valence-electron chi connectivity index (χ3n) is 13.3. The van der Waals surface area contributed by atoms with Gasteiger partial charge in [-0.3, -0.25) is 23.4 Å². The Balaban J connectivity index is 0.00000486. The van der Waals surface area contributed by atoms with Gasteiger partial charge in [-0.05, 0) is 106 Å². The number of aromatic nitrogens is 2. The van der Waals surface area contributed by atoms with E-state index in [2.05, 4.69) is 25.8 Å². The molecule has 5 N–H and O–H groups in total. The number of H-pyrrole nitrogens is 1. The molecule has 50 heavy (non-hydrogen) atoms. The summed E-state index contributed by atoms with van der Waals surface area (Å²) in [7, 11) is -4.53. The molecule has 277 valence electrons. The van der Waals surface area contributed by atoms with Crippen LogP contribution in [0.4, 0.5) is 0 Å². The molecule has 3 saturated carbocycles. The Hall–Kier alpha value is -0.630. The molecule has 4 fully saturated rings. The van der Waals surface area contributed by atoms with Crippen molar-refractivity contribution in [3.05, 3.63) is 44.8 Å². The van der Waals surface area contributed by atoms with E-state index < -0.39 is 61.9 Å². The summed E-state index contributed by atoms with van der Waals surface area (Å²) in [6.45, 7) is 10.5. The second-order valence-corrected chi connectivity index (χ2v) is 18.4. The summed E-state index contributed by atoms with van der Waals surface area (Å²) in [5, 5.41) is 32.4. The monoisotopic (exact) mass is 731 g/mol. The van der Waals surface area contributed by atoms with Crippen molar-refractivity contribution >= 4 is 37.4 Å². The fourth-order valence-electron chi connectivity index (χ4n) is 10.8. The molecule has 13 atom stereocenters. The number of nitrogens with zero attached hydrogens (tertiary/aromatic N) is 1. The van der Waals surface area contributed by atoms with Crippen LogP contribution in [-0.4, -0.2) is 95.9 Å². The van der Waals surface area contributed by atoms with E-state index in [0.717, 1.165) is 55.1 Å². The number of nitrogens with one attached hydrogen (secondary N) is 1. The molecule has 6 rings (SSSR count). The van der Waals surface area contributed by atoms with Crippen LogP contribution in [0.1, 0.15) is 111 Å². The van der Waals surface area contributed by atoms with Gasteiger partial charge in [-0.15, -0.1) is 0 Å². The molecule has 12 nitrogen and oxygen atoms in total. The number of fused-ring (bicyclic) bond motifs is 5. The van der Waals surface area contributed by atoms with Crippen LogP contribution in [0.25, 0.3) is 0 Å². The molecule has 1 aromatic rings. The van der Waals surface area contributed by atoms with Crippen LogP contribution in [0, 0.1) is 40.4 Å². The number of ether oxygens (including phenoxy) is 1. The summed E-state index contributed by atoms with van der Waals surface area (Å²) < 4.78 is 30.9. The largest absolute Gasteiger partial charge is 0.472 e. The maximum Gasteiger partial charge on any atom is 0.472 e. The van der Waals surface area contributed by atoms with E-state index in [1.165, 1.54) is 18.7 Å². The molecule has 2 heterocycles. The molecule has 0 spiro atoms. The zero-order valence-corrected chi connectivity index (χ0v) is 33.5. The predicted octanol–water partition coefficient (Wildman–Crippen LogP) is 4.43. The van der Waals surface area contributed by atoms with Gasteiger partial charge >= 0.3 is 13.5 Å². The number of hydrogen-bond donors (Lipinski definition) is 5. The first-order valence-electron chi connectivity index (χ1n) is 18.3. The molecule has 1 radical (unpaired) electrons. The molecule has 4 aliphatic carbocycles. The Kier molecular flexibility index (Phi) is 12.4. The summed E-state index contributed by atoms with van der Waals surface area (Å²) in [6.07, 6.45) is 8.58. The Morgan fingerprint density at radius 3 is 2.58 bits per heavy atom. The average Bonchev–Trinajstić information content (AvgIpc) is 3.55. The quantitative estimate of drug-likeness (QED) is 0.124. The first kappa shape index (κ1) is 40.6. The van der Waals surface area contributed by atoms with Crippen molar-refractivity contribution in [1.29, 1.82) is 0 Å². The van der Waals surface area contributed by atoms with Gasteiger partial charge in [-0.25, -0.2) is 9.36 Å². The van der Waals surface area contributed by atoms with E-state index >= 15 is 0 Å². The van der Waals surface area contributed by atoms with E-state index in [1.54, 1.807) is 0 Å². The first-order valence-corrected chi connectivity index (χ1v) is 19.8. The summed E-state index contributed by atoms with van der Waals surface area (Å²) in [4.78, 5) is 36.3. The maximum absolute atomic E-state index is 13.1. The predicted molar refractivity (Wildman–Crippen MR) is 188 cm³/mol. The van der Waals surface area contributed by atoms with Gasteiger partial charge in [-0.1, -0.05) is 45.3 Å². The van der Waals surface area contributed by atoms with Crippen LogP contribution >= 0.6 is 7.82 Å². The van der Waals surface area contributed by atoms with Crippen molar-refractivity contribution in [2.45, 2.75) is 141 Å². The van der Waals surface area contributed by atoms with Gasteiger partial charge in [0.1, 0.15) is 12.3 Å². The number of phosphoric ester groups is 1. The SMILES string of the molecule is CC(CCCC(C)(C)O)C1CCC2C3C(O)C=C4CC(OP(=O)(O)OCC5OC(n6ccc(=O)[nH]c6=O)CC5O)CCC4(C)C3CCC12C.[Na]. The Bertz CT molecular complexity index is 1560. The van der Waals surface area contributed by atoms with Crippen LogP contribution in [0.3, 0.4) is 0 Å². The fourth-order valence-corrected chi connectivity index (χ4v) is 11.8. The molecular formula is C36H57N2NaO10P. The van der Waals surface area contributed by atoms with Crippen molar-refractivity contribution < 1.29 is 38.6 Å². The Morgan fingerprint density at radius 1 is 1.14 bits per heavy atom. The molecule has 0 aromatic carbocycles. The van der Waals surface area contributed by atoms with Gasteiger partial charge in [-0.2, -0.15) is 0 Å². The van der Waals surface area contributed by atoms with E-state index in [9.17, 15) is 34.4 Å². The molecule has 5 aliphatic rings. The minimum Gasteiger partial charge on any atom is -0.390 e. The molecule has 1 saturated heterocycles. The standard InChI is InChI=1S/C36H57N2O10P.Na/c1-21(7-6-13-34(2,3)43)24-8-9-25-32-26(11-15-36(24,25)5)35(4)14-10-23(17-22(35)18-28(32)40)48-49(44,45)46-20-29-27(39)19-31(47-29)38-16-12-30(41)37-33(38)42;/h12,16,18,21,23-29,31-32,39-40,43H,6-11,13-15,17,19-20H2,1-5H3,(H,44,45)(H,37,41,42);. The van der Waals surface area contributed by atoms with Gasteiger partial charge in [0.25, 0.3) is 5.56 Å². The van der Waals surface area contributed by atoms with Gasteiger partial charge in [0.15, 0.2) is 0 Å². The van der Waals surface area contributed by atoms with E-state index in [-0.39, 0.29) is 52.7 Å². The zero-order chi connectivity index (χ0) is 35.5. The van der Waals surface area contributed by atoms with E-state index in [0.29, 0.717) is 36.5 Å². The van der Waals surface area contributed by atoms with Crippen LogP contribution < -0.4 is 11.2 Å². The Labute approximate surface area is 317 Å². The number of aliphatic hydroxyl groups is 3. The minimum atomic E-state index is -4.53. The smallest absolute Gasteiger partial charge is 0.390 e. The van der Waals surface area contributed by atoms with Crippen LogP contribution in [-0.2, 0) is 18.3 Å². The summed E-state index contributed by atoms with van der Waals surface area (Å²) in [5.74, 6) is 2.17. The second-order valence-electron chi connectivity index (χ2n) is 17.0. The van der Waals surface area contributed by atoms with Crippen molar-refractivity contribution in [1.82, 2.24) is 9.55 Å². The summed E-state index contributed by atoms with van der Waals surface area (Å²) >= 11 is 0. The number of phosphoric acid groups is 1. The third kappa shape index (κ3) is 8.21. The summed E-state index contributed by atoms with van der Waals surface area (Å²) in [5.41, 5.74) is -0.695. The first-order chi connectivity index (χ1) is 22.9. The molecular weight excluding hydrogens is 674 g/mol.